The number of likely N-dealkylation sites (N-methyl/N-ethyl adjacent to an activating group) is 2. The van der Waals surface area contributed by atoms with Gasteiger partial charge in [0.1, 0.15) is 6.61 Å². The van der Waals surface area contributed by atoms with Crippen LogP contribution in [-0.2, 0) is 43.4 Å². The van der Waals surface area contributed by atoms with E-state index in [-0.39, 0.29) is 71.7 Å². The number of amides is 2. The normalized spacial score (nSPS) is 10.4. The van der Waals surface area contributed by atoms with Gasteiger partial charge < -0.3 is 64.2 Å². The zero-order chi connectivity index (χ0) is 61.6. The van der Waals surface area contributed by atoms with Gasteiger partial charge in [0.15, 0.2) is 0 Å². The summed E-state index contributed by atoms with van der Waals surface area (Å²) in [5, 5.41) is 25.2. The molecule has 0 saturated heterocycles. The Kier molecular flexibility index (Phi) is 113. The third-order valence-electron chi connectivity index (χ3n) is 12.0. The number of nitrogens with one attached hydrogen (secondary N) is 3. The second kappa shape index (κ2) is 83.3. The number of hydrogen-bond acceptors (Lipinski definition) is 16. The number of carbonyl (C=O) groups excluding carboxylic acids is 2. The van der Waals surface area contributed by atoms with E-state index in [1.807, 2.05) is 41.7 Å². The van der Waals surface area contributed by atoms with Gasteiger partial charge >= 0.3 is 53.7 Å². The average molecular weight is 1230 g/mol. The number of unbranched alkanes of at least 4 members (excludes halogenated alkanes) is 2. The molecule has 1 unspecified atom stereocenters. The van der Waals surface area contributed by atoms with Crippen molar-refractivity contribution in [2.24, 2.45) is 10.8 Å². The minimum Gasteiger partial charge on any atom is -0.748 e. The van der Waals surface area contributed by atoms with Crippen molar-refractivity contribution in [3.05, 3.63) is 0 Å². The van der Waals surface area contributed by atoms with Gasteiger partial charge in [0.05, 0.1) is 46.1 Å². The predicted octanol–water partition coefficient (Wildman–Crippen LogP) is 9.99. The SMILES string of the molecule is C.C.C.C.CCC(C)(CC)C(=O)O.CCC(C)OC.CCC(CC)(CC)C(=O)O.CCCCCOC.CCCN(C)CCC.CCCN(CCC)CCOC(=O)NCNC(=O)OCC.CCCOC.CNCCN(C)CCS(=O)(=O)[O-].[Na+]. The van der Waals surface area contributed by atoms with Gasteiger partial charge in [-0.05, 0) is 145 Å². The van der Waals surface area contributed by atoms with Crippen LogP contribution in [0.4, 0.5) is 9.59 Å². The standard InChI is InChI=1S/C13H27N3O4.C8H16O2.C7H17N.C7H14O2.C6H16N2O3S.C6H14O.C5H12O.C4H10O.4CH4.Na/c1-4-7-16(8-5-2)9-10-20-13(18)15-11-14-12(17)19-6-3;1-4-8(5-2,6-3)7(9)10;1-4-6-8(3)7-5-2;1-4-7(3,5-2)6(8)9;1-7-3-4-8(2)5-6-12(9,10)11;1-3-4-5-6-7-2;1-4-5(2)6-3;1-3-4-5-2;;;;;/h4-11H2,1-3H3,(H,14,17)(H,15,18);4-6H2,1-3H3,(H,9,10);4-7H2,1-3H3;4-5H2,1-3H3,(H,8,9);7H,3-6H2,1-2H3,(H,9,10,11);3-6H2,1-2H3;5H,4H2,1-3H3;3-4H2,1-2H3;4*1H4;/q;;;;;;;;;;;;+1/p-1. The smallest absolute Gasteiger partial charge is 0.748 e. The number of aliphatic carboxylic acids is 2. The van der Waals surface area contributed by atoms with Crippen molar-refractivity contribution in [2.45, 2.75) is 230 Å². The summed E-state index contributed by atoms with van der Waals surface area (Å²) < 4.78 is 54.7. The van der Waals surface area contributed by atoms with E-state index < -0.39 is 45.1 Å². The van der Waals surface area contributed by atoms with Crippen molar-refractivity contribution in [3.63, 3.8) is 0 Å². The molecule has 0 radical (unpaired) electrons. The number of hydrogen-bond donors (Lipinski definition) is 5. The Morgan fingerprint density at radius 3 is 1.24 bits per heavy atom. The van der Waals surface area contributed by atoms with Crippen LogP contribution in [0.15, 0.2) is 0 Å². The Balaban J connectivity index is -0.0000000621. The fourth-order valence-electron chi connectivity index (χ4n) is 5.84. The van der Waals surface area contributed by atoms with E-state index in [1.54, 1.807) is 47.1 Å². The molecule has 0 saturated carbocycles. The molecule has 0 rings (SSSR count). The van der Waals surface area contributed by atoms with Crippen molar-refractivity contribution in [1.29, 1.82) is 0 Å². The van der Waals surface area contributed by atoms with E-state index in [9.17, 15) is 32.1 Å². The van der Waals surface area contributed by atoms with Gasteiger partial charge in [0.25, 0.3) is 0 Å². The molecule has 0 aromatic heterocycles. The van der Waals surface area contributed by atoms with Gasteiger partial charge in [-0.15, -0.1) is 0 Å². The third-order valence-corrected chi connectivity index (χ3v) is 12.7. The summed E-state index contributed by atoms with van der Waals surface area (Å²) >= 11 is 0. The van der Waals surface area contributed by atoms with Crippen LogP contribution in [0.5, 0.6) is 0 Å². The van der Waals surface area contributed by atoms with Crippen LogP contribution in [0.2, 0.25) is 0 Å². The number of nitrogens with zero attached hydrogens (tertiary/aromatic N) is 3. The molecule has 0 aliphatic carbocycles. The first kappa shape index (κ1) is 111. The molecule has 22 heteroatoms. The summed E-state index contributed by atoms with van der Waals surface area (Å²) in [5.41, 5.74) is -0.958. The number of carboxylic acid groups (broad SMARTS) is 2. The monoisotopic (exact) mass is 1230 g/mol. The number of rotatable bonds is 35. The maximum absolute atomic E-state index is 11.3. The quantitative estimate of drug-likeness (QED) is 0.0171. The van der Waals surface area contributed by atoms with E-state index in [0.717, 1.165) is 90.9 Å². The Morgan fingerprint density at radius 2 is 1.00 bits per heavy atom. The fraction of sp³-hybridized carbons (Fsp3) is 0.933. The molecule has 82 heavy (non-hydrogen) atoms. The molecule has 2 amide bonds. The molecule has 5 N–H and O–H groups in total. The maximum atomic E-state index is 11.3. The summed E-state index contributed by atoms with van der Waals surface area (Å²) in [4.78, 5) is 49.9. The third kappa shape index (κ3) is 89.3. The number of methoxy groups -OCH3 is 3. The number of alkyl carbamates (subject to hydrolysis) is 2. The van der Waals surface area contributed by atoms with Crippen LogP contribution in [-0.4, -0.2) is 202 Å². The zero-order valence-electron chi connectivity index (χ0n) is 54.4. The van der Waals surface area contributed by atoms with Crippen LogP contribution >= 0.6 is 0 Å². The predicted molar refractivity (Wildman–Crippen MR) is 345 cm³/mol. The van der Waals surface area contributed by atoms with Crippen LogP contribution < -0.4 is 45.5 Å². The van der Waals surface area contributed by atoms with Crippen molar-refractivity contribution in [1.82, 2.24) is 30.7 Å². The summed E-state index contributed by atoms with van der Waals surface area (Å²) in [5.74, 6) is -1.65. The fourth-order valence-corrected chi connectivity index (χ4v) is 6.37. The molecule has 0 aliphatic heterocycles. The second-order valence-electron chi connectivity index (χ2n) is 18.6. The molecular weight excluding hydrogens is 1080 g/mol. The second-order valence-corrected chi connectivity index (χ2v) is 20.1. The summed E-state index contributed by atoms with van der Waals surface area (Å²) in [6.07, 6.45) is 13.7. The molecule has 0 spiro atoms. The van der Waals surface area contributed by atoms with E-state index in [2.05, 4.69) is 92.9 Å². The van der Waals surface area contributed by atoms with Gasteiger partial charge in [-0.25, -0.2) is 18.0 Å². The van der Waals surface area contributed by atoms with Crippen LogP contribution in [0.1, 0.15) is 223 Å². The van der Waals surface area contributed by atoms with Gasteiger partial charge in [-0.3, -0.25) is 14.5 Å². The molecule has 1 atom stereocenters. The molecule has 0 aromatic carbocycles. The molecule has 0 aromatic rings. The average Bonchev–Trinajstić information content (AvgIpc) is 3.39. The van der Waals surface area contributed by atoms with Gasteiger partial charge in [0, 0.05) is 60.7 Å². The first-order valence-electron chi connectivity index (χ1n) is 28.7. The van der Waals surface area contributed by atoms with Crippen molar-refractivity contribution < 1.29 is 95.6 Å². The van der Waals surface area contributed by atoms with Crippen LogP contribution in [0, 0.1) is 10.8 Å². The minimum absolute atomic E-state index is 0. The van der Waals surface area contributed by atoms with Gasteiger partial charge in [-0.2, -0.15) is 0 Å². The van der Waals surface area contributed by atoms with Crippen molar-refractivity contribution >= 4 is 34.2 Å². The minimum atomic E-state index is -4.06. The topological polar surface area (TPSA) is 258 Å². The Hall–Kier alpha value is -1.89. The largest absolute Gasteiger partial charge is 1.00 e. The first-order chi connectivity index (χ1) is 36.2. The Labute approximate surface area is 531 Å². The van der Waals surface area contributed by atoms with Gasteiger partial charge in [0.2, 0.25) is 0 Å². The molecule has 0 aliphatic rings. The zero-order valence-corrected chi connectivity index (χ0v) is 57.2. The van der Waals surface area contributed by atoms with Gasteiger partial charge in [-0.1, -0.05) is 126 Å². The Morgan fingerprint density at radius 1 is 0.573 bits per heavy atom. The van der Waals surface area contributed by atoms with E-state index in [1.165, 1.54) is 45.2 Å². The number of ether oxygens (including phenoxy) is 5. The van der Waals surface area contributed by atoms with E-state index in [0.29, 0.717) is 38.7 Å². The summed E-state index contributed by atoms with van der Waals surface area (Å²) in [6, 6.07) is 0. The van der Waals surface area contributed by atoms with Crippen molar-refractivity contribution in [2.75, 3.05) is 134 Å². The summed E-state index contributed by atoms with van der Waals surface area (Å²) in [7, 11) is 6.90. The van der Waals surface area contributed by atoms with E-state index >= 15 is 0 Å². The van der Waals surface area contributed by atoms with Crippen LogP contribution in [0.3, 0.4) is 0 Å². The Bertz CT molecular complexity index is 1330. The number of carbonyl (C=O) groups is 4. The molecule has 20 nitrogen and oxygen atoms in total. The van der Waals surface area contributed by atoms with E-state index in [4.69, 9.17) is 29.2 Å². The molecule has 502 valence electrons. The molecule has 0 fully saturated rings. The maximum Gasteiger partial charge on any atom is 1.00 e. The van der Waals surface area contributed by atoms with Crippen LogP contribution in [0.25, 0.3) is 0 Å². The number of carboxylic acids is 2. The first-order valence-corrected chi connectivity index (χ1v) is 30.3. The molecular formula is C60H141N6NaO14S. The molecule has 0 bridgehead atoms. The molecule has 0 heterocycles. The summed E-state index contributed by atoms with van der Waals surface area (Å²) in [6.45, 7) is 39.7. The van der Waals surface area contributed by atoms with Crippen molar-refractivity contribution in [3.8, 4) is 0 Å².